The molecule has 0 N–H and O–H groups in total. The maximum atomic E-state index is 2.40. The Hall–Kier alpha value is -3.12. The highest BCUT2D eigenvalue weighted by Crippen LogP contribution is 2.39. The lowest BCUT2D eigenvalue weighted by Gasteiger charge is -2.21. The lowest BCUT2D eigenvalue weighted by Crippen LogP contribution is -2.10. The van der Waals surface area contributed by atoms with Crippen molar-refractivity contribution in [2.24, 2.45) is 0 Å². The first kappa shape index (κ1) is 20.8. The summed E-state index contributed by atoms with van der Waals surface area (Å²) >= 11 is 0. The van der Waals surface area contributed by atoms with Gasteiger partial charge in [-0.05, 0) is 77.5 Å². The molecule has 0 saturated heterocycles. The van der Waals surface area contributed by atoms with Gasteiger partial charge in [0.15, 0.2) is 0 Å². The molecule has 0 nitrogen and oxygen atoms in total. The Morgan fingerprint density at radius 1 is 0.375 bits per heavy atom. The molecule has 0 saturated carbocycles. The fourth-order valence-corrected chi connectivity index (χ4v) is 4.77. The van der Waals surface area contributed by atoms with Crippen molar-refractivity contribution in [2.45, 2.75) is 52.4 Å². The first-order chi connectivity index (χ1) is 15.1. The van der Waals surface area contributed by atoms with E-state index in [1.165, 1.54) is 54.6 Å². The third-order valence-corrected chi connectivity index (χ3v) is 6.79. The summed E-state index contributed by atoms with van der Waals surface area (Å²) in [5, 5.41) is 8.00. The van der Waals surface area contributed by atoms with E-state index < -0.39 is 0 Å². The standard InChI is InChI=1S/C32H32/c1-31(2,3)23-14-11-21(12-15-23)22-13-17-27-28-18-16-24(32(4,5)6)20-30(28)26-10-8-7-9-25(26)29(27)19-22/h7-20H,1-6H3. The van der Waals surface area contributed by atoms with Crippen LogP contribution in [0.3, 0.4) is 0 Å². The highest BCUT2D eigenvalue weighted by molar-refractivity contribution is 6.25. The van der Waals surface area contributed by atoms with Gasteiger partial charge >= 0.3 is 0 Å². The molecule has 5 rings (SSSR count). The van der Waals surface area contributed by atoms with Gasteiger partial charge in [0.1, 0.15) is 0 Å². The molecule has 0 radical (unpaired) electrons. The summed E-state index contributed by atoms with van der Waals surface area (Å²) in [6.45, 7) is 13.7. The predicted octanol–water partition coefficient (Wildman–Crippen LogP) is 9.41. The van der Waals surface area contributed by atoms with E-state index in [1.807, 2.05) is 0 Å². The zero-order chi connectivity index (χ0) is 22.7. The molecule has 5 aromatic carbocycles. The number of hydrogen-bond acceptors (Lipinski definition) is 0. The minimum Gasteiger partial charge on any atom is -0.0616 e. The molecule has 0 aliphatic heterocycles. The Morgan fingerprint density at radius 2 is 0.812 bits per heavy atom. The van der Waals surface area contributed by atoms with Gasteiger partial charge in [-0.15, -0.1) is 0 Å². The normalized spacial score (nSPS) is 12.7. The Balaban J connectivity index is 1.77. The molecule has 0 bridgehead atoms. The van der Waals surface area contributed by atoms with Crippen LogP contribution in [0.4, 0.5) is 0 Å². The van der Waals surface area contributed by atoms with Crippen LogP contribution in [0.2, 0.25) is 0 Å². The SMILES string of the molecule is CC(C)(C)c1ccc(-c2ccc3c4ccc(C(C)(C)C)cc4c4ccccc4c3c2)cc1. The lowest BCUT2D eigenvalue weighted by molar-refractivity contribution is 0.590. The smallest absolute Gasteiger partial charge is 0.00928 e. The van der Waals surface area contributed by atoms with Crippen LogP contribution < -0.4 is 0 Å². The van der Waals surface area contributed by atoms with Gasteiger partial charge in [-0.25, -0.2) is 0 Å². The van der Waals surface area contributed by atoms with Crippen molar-refractivity contribution in [3.63, 3.8) is 0 Å². The first-order valence-corrected chi connectivity index (χ1v) is 11.6. The van der Waals surface area contributed by atoms with Gasteiger partial charge in [0.2, 0.25) is 0 Å². The first-order valence-electron chi connectivity index (χ1n) is 11.6. The molecule has 0 amide bonds. The highest BCUT2D eigenvalue weighted by Gasteiger charge is 2.17. The van der Waals surface area contributed by atoms with Crippen molar-refractivity contribution in [1.29, 1.82) is 0 Å². The highest BCUT2D eigenvalue weighted by atomic mass is 14.2. The zero-order valence-electron chi connectivity index (χ0n) is 20.1. The van der Waals surface area contributed by atoms with Crippen LogP contribution in [0.5, 0.6) is 0 Å². The second-order valence-corrected chi connectivity index (χ2v) is 11.1. The van der Waals surface area contributed by atoms with Crippen molar-refractivity contribution < 1.29 is 0 Å². The van der Waals surface area contributed by atoms with Crippen LogP contribution >= 0.6 is 0 Å². The number of hydrogen-bond donors (Lipinski definition) is 0. The fraction of sp³-hybridized carbons (Fsp3) is 0.250. The summed E-state index contributed by atoms with van der Waals surface area (Å²) < 4.78 is 0. The van der Waals surface area contributed by atoms with Crippen LogP contribution in [0, 0.1) is 0 Å². The largest absolute Gasteiger partial charge is 0.0616 e. The molecule has 0 unspecified atom stereocenters. The topological polar surface area (TPSA) is 0 Å². The minimum atomic E-state index is 0.132. The monoisotopic (exact) mass is 416 g/mol. The van der Waals surface area contributed by atoms with E-state index in [9.17, 15) is 0 Å². The van der Waals surface area contributed by atoms with E-state index in [4.69, 9.17) is 0 Å². The Labute approximate surface area is 191 Å². The lowest BCUT2D eigenvalue weighted by atomic mass is 9.84. The van der Waals surface area contributed by atoms with Gasteiger partial charge in [-0.1, -0.05) is 114 Å². The van der Waals surface area contributed by atoms with E-state index >= 15 is 0 Å². The van der Waals surface area contributed by atoms with Gasteiger partial charge < -0.3 is 0 Å². The molecule has 0 aromatic heterocycles. The second kappa shape index (κ2) is 7.20. The van der Waals surface area contributed by atoms with Crippen LogP contribution in [0.25, 0.3) is 43.4 Å². The van der Waals surface area contributed by atoms with E-state index in [0.29, 0.717) is 0 Å². The van der Waals surface area contributed by atoms with E-state index in [2.05, 4.69) is 126 Å². The molecular weight excluding hydrogens is 384 g/mol. The summed E-state index contributed by atoms with van der Waals surface area (Å²) in [7, 11) is 0. The molecular formula is C32H32. The molecule has 0 heteroatoms. The van der Waals surface area contributed by atoms with E-state index in [0.717, 1.165) is 0 Å². The van der Waals surface area contributed by atoms with Crippen LogP contribution in [0.15, 0.2) is 84.9 Å². The van der Waals surface area contributed by atoms with Crippen molar-refractivity contribution in [3.05, 3.63) is 96.1 Å². The Bertz CT molecular complexity index is 1430. The molecule has 0 aliphatic carbocycles. The summed E-state index contributed by atoms with van der Waals surface area (Å²) in [4.78, 5) is 0. The molecule has 32 heavy (non-hydrogen) atoms. The van der Waals surface area contributed by atoms with Crippen LogP contribution in [-0.2, 0) is 10.8 Å². The van der Waals surface area contributed by atoms with Gasteiger partial charge in [0.25, 0.3) is 0 Å². The second-order valence-electron chi connectivity index (χ2n) is 11.1. The van der Waals surface area contributed by atoms with Crippen LogP contribution in [-0.4, -0.2) is 0 Å². The average Bonchev–Trinajstić information content (AvgIpc) is 2.77. The summed E-state index contributed by atoms with van der Waals surface area (Å²) in [6.07, 6.45) is 0. The van der Waals surface area contributed by atoms with Gasteiger partial charge in [0.05, 0.1) is 0 Å². The summed E-state index contributed by atoms with van der Waals surface area (Å²) in [5.41, 5.74) is 5.59. The van der Waals surface area contributed by atoms with Crippen molar-refractivity contribution in [3.8, 4) is 11.1 Å². The van der Waals surface area contributed by atoms with Crippen molar-refractivity contribution in [2.75, 3.05) is 0 Å². The fourth-order valence-electron chi connectivity index (χ4n) is 4.77. The predicted molar refractivity (Wildman–Crippen MR) is 142 cm³/mol. The Morgan fingerprint density at radius 3 is 1.38 bits per heavy atom. The van der Waals surface area contributed by atoms with Crippen LogP contribution in [0.1, 0.15) is 52.7 Å². The minimum absolute atomic E-state index is 0.132. The molecule has 0 aliphatic rings. The van der Waals surface area contributed by atoms with Crippen molar-refractivity contribution >= 4 is 32.3 Å². The molecule has 0 atom stereocenters. The number of rotatable bonds is 1. The van der Waals surface area contributed by atoms with Gasteiger partial charge in [0, 0.05) is 0 Å². The zero-order valence-corrected chi connectivity index (χ0v) is 20.1. The molecule has 0 fully saturated rings. The Kier molecular flexibility index (Phi) is 4.67. The maximum absolute atomic E-state index is 2.40. The van der Waals surface area contributed by atoms with Gasteiger partial charge in [-0.2, -0.15) is 0 Å². The molecule has 160 valence electrons. The maximum Gasteiger partial charge on any atom is -0.00928 e. The quantitative estimate of drug-likeness (QED) is 0.239. The van der Waals surface area contributed by atoms with E-state index in [-0.39, 0.29) is 10.8 Å². The average molecular weight is 417 g/mol. The third-order valence-electron chi connectivity index (χ3n) is 6.79. The third kappa shape index (κ3) is 3.48. The number of fused-ring (bicyclic) bond motifs is 6. The number of benzene rings is 5. The molecule has 5 aromatic rings. The summed E-state index contributed by atoms with van der Waals surface area (Å²) in [5.74, 6) is 0. The van der Waals surface area contributed by atoms with Gasteiger partial charge in [-0.3, -0.25) is 0 Å². The van der Waals surface area contributed by atoms with E-state index in [1.54, 1.807) is 0 Å². The molecule has 0 spiro atoms. The molecule has 0 heterocycles. The van der Waals surface area contributed by atoms with Crippen molar-refractivity contribution in [1.82, 2.24) is 0 Å². The summed E-state index contributed by atoms with van der Waals surface area (Å²) in [6, 6.07) is 31.9.